The fourth-order valence-electron chi connectivity index (χ4n) is 4.53. The van der Waals surface area contributed by atoms with Crippen molar-refractivity contribution < 1.29 is 0 Å². The monoisotopic (exact) mass is 271 g/mol. The average Bonchev–Trinajstić information content (AvgIpc) is 2.53. The van der Waals surface area contributed by atoms with Crippen LogP contribution < -0.4 is 5.32 Å². The van der Waals surface area contributed by atoms with Crippen LogP contribution in [0, 0.1) is 5.92 Å². The molecule has 0 spiro atoms. The summed E-state index contributed by atoms with van der Waals surface area (Å²) in [7, 11) is 0. The molecular formula is C19H29N. The van der Waals surface area contributed by atoms with E-state index in [4.69, 9.17) is 0 Å². The highest BCUT2D eigenvalue weighted by Gasteiger charge is 2.33. The molecule has 2 aliphatic carbocycles. The first kappa shape index (κ1) is 14.1. The predicted molar refractivity (Wildman–Crippen MR) is 86.2 cm³/mol. The SMILES string of the molecule is CCNC(C1CCCCC1)C1CCCc2ccccc21. The van der Waals surface area contributed by atoms with E-state index in [0.717, 1.165) is 18.4 Å². The van der Waals surface area contributed by atoms with Crippen LogP contribution in [0.5, 0.6) is 0 Å². The number of hydrogen-bond donors (Lipinski definition) is 1. The number of likely N-dealkylation sites (N-methyl/N-ethyl adjacent to an activating group) is 1. The van der Waals surface area contributed by atoms with Crippen molar-refractivity contribution >= 4 is 0 Å². The molecule has 0 aromatic heterocycles. The summed E-state index contributed by atoms with van der Waals surface area (Å²) >= 11 is 0. The number of fused-ring (bicyclic) bond motifs is 1. The molecule has 110 valence electrons. The summed E-state index contributed by atoms with van der Waals surface area (Å²) in [5, 5.41) is 3.86. The molecule has 3 rings (SSSR count). The molecular weight excluding hydrogens is 242 g/mol. The van der Waals surface area contributed by atoms with Crippen molar-refractivity contribution in [1.29, 1.82) is 0 Å². The molecule has 0 aliphatic heterocycles. The van der Waals surface area contributed by atoms with Crippen LogP contribution in [0.15, 0.2) is 24.3 Å². The fraction of sp³-hybridized carbons (Fsp3) is 0.684. The zero-order valence-corrected chi connectivity index (χ0v) is 12.9. The van der Waals surface area contributed by atoms with Crippen LogP contribution >= 0.6 is 0 Å². The molecule has 0 heterocycles. The maximum absolute atomic E-state index is 3.86. The van der Waals surface area contributed by atoms with E-state index in [1.807, 2.05) is 0 Å². The van der Waals surface area contributed by atoms with E-state index in [-0.39, 0.29) is 0 Å². The van der Waals surface area contributed by atoms with Gasteiger partial charge < -0.3 is 5.32 Å². The summed E-state index contributed by atoms with van der Waals surface area (Å²) in [6.45, 7) is 3.38. The van der Waals surface area contributed by atoms with Crippen molar-refractivity contribution in [2.24, 2.45) is 5.92 Å². The van der Waals surface area contributed by atoms with E-state index >= 15 is 0 Å². The molecule has 1 N–H and O–H groups in total. The minimum atomic E-state index is 0.710. The minimum absolute atomic E-state index is 0.710. The summed E-state index contributed by atoms with van der Waals surface area (Å²) in [4.78, 5) is 0. The van der Waals surface area contributed by atoms with Gasteiger partial charge >= 0.3 is 0 Å². The minimum Gasteiger partial charge on any atom is -0.313 e. The zero-order valence-electron chi connectivity index (χ0n) is 12.9. The number of rotatable bonds is 4. The molecule has 1 nitrogen and oxygen atoms in total. The van der Waals surface area contributed by atoms with Crippen LogP contribution in [-0.2, 0) is 6.42 Å². The lowest BCUT2D eigenvalue weighted by molar-refractivity contribution is 0.231. The smallest absolute Gasteiger partial charge is 0.0164 e. The first-order chi connectivity index (χ1) is 9.90. The molecule has 2 unspecified atom stereocenters. The molecule has 0 bridgehead atoms. The zero-order chi connectivity index (χ0) is 13.8. The van der Waals surface area contributed by atoms with Gasteiger partial charge in [-0.15, -0.1) is 0 Å². The first-order valence-corrected chi connectivity index (χ1v) is 8.71. The van der Waals surface area contributed by atoms with Gasteiger partial charge in [-0.25, -0.2) is 0 Å². The molecule has 2 aliphatic rings. The maximum atomic E-state index is 3.86. The Bertz CT molecular complexity index is 420. The molecule has 2 atom stereocenters. The average molecular weight is 271 g/mol. The predicted octanol–water partition coefficient (Wildman–Crippen LogP) is 4.66. The molecule has 0 radical (unpaired) electrons. The second-order valence-electron chi connectivity index (χ2n) is 6.68. The van der Waals surface area contributed by atoms with Crippen molar-refractivity contribution in [3.05, 3.63) is 35.4 Å². The standard InChI is InChI=1S/C19H29N/c1-2-20-19(16-10-4-3-5-11-16)18-14-8-12-15-9-6-7-13-17(15)18/h6-7,9,13,16,18-20H,2-5,8,10-12,14H2,1H3. The van der Waals surface area contributed by atoms with E-state index in [2.05, 4.69) is 36.5 Å². The third kappa shape index (κ3) is 2.93. The second-order valence-corrected chi connectivity index (χ2v) is 6.68. The Balaban J connectivity index is 1.84. The molecule has 1 fully saturated rings. The van der Waals surface area contributed by atoms with Crippen LogP contribution in [-0.4, -0.2) is 12.6 Å². The van der Waals surface area contributed by atoms with Gasteiger partial charge in [-0.2, -0.15) is 0 Å². The quantitative estimate of drug-likeness (QED) is 0.839. The van der Waals surface area contributed by atoms with E-state index in [0.29, 0.717) is 6.04 Å². The second kappa shape index (κ2) is 6.76. The summed E-state index contributed by atoms with van der Waals surface area (Å²) < 4.78 is 0. The Hall–Kier alpha value is -0.820. The summed E-state index contributed by atoms with van der Waals surface area (Å²) in [5.41, 5.74) is 3.26. The highest BCUT2D eigenvalue weighted by molar-refractivity contribution is 5.34. The lowest BCUT2D eigenvalue weighted by Gasteiger charge is -2.39. The van der Waals surface area contributed by atoms with Crippen molar-refractivity contribution in [2.75, 3.05) is 6.54 Å². The number of hydrogen-bond acceptors (Lipinski definition) is 1. The molecule has 0 amide bonds. The van der Waals surface area contributed by atoms with Gasteiger partial charge in [0.15, 0.2) is 0 Å². The maximum Gasteiger partial charge on any atom is 0.0164 e. The van der Waals surface area contributed by atoms with E-state index in [1.54, 1.807) is 11.1 Å². The van der Waals surface area contributed by atoms with Gasteiger partial charge in [0.25, 0.3) is 0 Å². The summed E-state index contributed by atoms with van der Waals surface area (Å²) in [5.74, 6) is 1.66. The fourth-order valence-corrected chi connectivity index (χ4v) is 4.53. The van der Waals surface area contributed by atoms with Gasteiger partial charge in [-0.1, -0.05) is 50.5 Å². The number of aryl methyl sites for hydroxylation is 1. The molecule has 1 aromatic rings. The third-order valence-corrected chi connectivity index (χ3v) is 5.45. The molecule has 1 aromatic carbocycles. The summed E-state index contributed by atoms with van der Waals surface area (Å²) in [6, 6.07) is 9.91. The Labute approximate surface area is 124 Å². The van der Waals surface area contributed by atoms with E-state index in [9.17, 15) is 0 Å². The third-order valence-electron chi connectivity index (χ3n) is 5.45. The van der Waals surface area contributed by atoms with Crippen molar-refractivity contribution in [2.45, 2.75) is 70.3 Å². The molecule has 0 saturated heterocycles. The van der Waals surface area contributed by atoms with Crippen LogP contribution in [0.25, 0.3) is 0 Å². The van der Waals surface area contributed by atoms with Gasteiger partial charge in [0.2, 0.25) is 0 Å². The topological polar surface area (TPSA) is 12.0 Å². The van der Waals surface area contributed by atoms with Gasteiger partial charge in [-0.05, 0) is 61.6 Å². The number of nitrogens with one attached hydrogen (secondary N) is 1. The largest absolute Gasteiger partial charge is 0.313 e. The van der Waals surface area contributed by atoms with Crippen molar-refractivity contribution in [3.8, 4) is 0 Å². The molecule has 20 heavy (non-hydrogen) atoms. The number of benzene rings is 1. The van der Waals surface area contributed by atoms with Crippen LogP contribution in [0.2, 0.25) is 0 Å². The van der Waals surface area contributed by atoms with Gasteiger partial charge in [0, 0.05) is 6.04 Å². The van der Waals surface area contributed by atoms with Crippen LogP contribution in [0.1, 0.15) is 68.9 Å². The van der Waals surface area contributed by atoms with E-state index < -0.39 is 0 Å². The lowest BCUT2D eigenvalue weighted by Crippen LogP contribution is -2.43. The highest BCUT2D eigenvalue weighted by atomic mass is 14.9. The molecule has 1 saturated carbocycles. The van der Waals surface area contributed by atoms with Crippen LogP contribution in [0.3, 0.4) is 0 Å². The summed E-state index contributed by atoms with van der Waals surface area (Å²) in [6.07, 6.45) is 11.3. The van der Waals surface area contributed by atoms with Gasteiger partial charge in [0.1, 0.15) is 0 Å². The van der Waals surface area contributed by atoms with Crippen molar-refractivity contribution in [1.82, 2.24) is 5.32 Å². The van der Waals surface area contributed by atoms with Crippen molar-refractivity contribution in [3.63, 3.8) is 0 Å². The Morgan fingerprint density at radius 1 is 1.05 bits per heavy atom. The lowest BCUT2D eigenvalue weighted by atomic mass is 9.71. The normalized spacial score (nSPS) is 25.1. The van der Waals surface area contributed by atoms with Crippen LogP contribution in [0.4, 0.5) is 0 Å². The van der Waals surface area contributed by atoms with Gasteiger partial charge in [-0.3, -0.25) is 0 Å². The Morgan fingerprint density at radius 3 is 2.65 bits per heavy atom. The Kier molecular flexibility index (Phi) is 4.77. The Morgan fingerprint density at radius 2 is 1.85 bits per heavy atom. The highest BCUT2D eigenvalue weighted by Crippen LogP contribution is 2.39. The van der Waals surface area contributed by atoms with Gasteiger partial charge in [0.05, 0.1) is 0 Å². The van der Waals surface area contributed by atoms with E-state index in [1.165, 1.54) is 51.4 Å². The molecule has 1 heteroatoms. The first-order valence-electron chi connectivity index (χ1n) is 8.71.